The molecule has 3 rings (SSSR count). The van der Waals surface area contributed by atoms with Gasteiger partial charge in [-0.1, -0.05) is 23.4 Å². The topological polar surface area (TPSA) is 41.9 Å². The van der Waals surface area contributed by atoms with Crippen molar-refractivity contribution in [1.82, 2.24) is 4.90 Å². The lowest BCUT2D eigenvalue weighted by molar-refractivity contribution is -0.148. The first-order valence-corrected chi connectivity index (χ1v) is 7.87. The van der Waals surface area contributed by atoms with Crippen LogP contribution >= 0.6 is 0 Å². The van der Waals surface area contributed by atoms with E-state index in [1.807, 2.05) is 4.90 Å². The van der Waals surface area contributed by atoms with E-state index in [1.165, 1.54) is 6.07 Å². The molecule has 0 bridgehead atoms. The largest absolute Gasteiger partial charge is 0.382 e. The fraction of sp³-hybridized carbons (Fsp3) is 0.529. The van der Waals surface area contributed by atoms with E-state index in [9.17, 15) is 9.18 Å². The summed E-state index contributed by atoms with van der Waals surface area (Å²) in [6.45, 7) is 4.14. The monoisotopic (exact) mass is 304 g/mol. The van der Waals surface area contributed by atoms with Crippen molar-refractivity contribution in [3.05, 3.63) is 35.6 Å². The van der Waals surface area contributed by atoms with E-state index in [0.29, 0.717) is 17.7 Å². The first kappa shape index (κ1) is 15.0. The minimum Gasteiger partial charge on any atom is -0.382 e. The molecule has 2 aliphatic heterocycles. The van der Waals surface area contributed by atoms with E-state index >= 15 is 0 Å². The minimum atomic E-state index is -0.627. The number of piperidine rings is 1. The van der Waals surface area contributed by atoms with Crippen LogP contribution in [0.5, 0.6) is 0 Å². The normalized spacial score (nSPS) is 28.2. The van der Waals surface area contributed by atoms with E-state index in [2.05, 4.69) is 19.0 Å². The van der Waals surface area contributed by atoms with Crippen molar-refractivity contribution in [3.63, 3.8) is 0 Å². The number of rotatable bonds is 2. The second-order valence-electron chi connectivity index (χ2n) is 6.19. The Bertz CT molecular complexity index is 592. The zero-order chi connectivity index (χ0) is 15.7. The number of carbonyl (C=O) groups excluding carboxylic acids is 1. The number of hydrogen-bond donors (Lipinski definition) is 0. The predicted octanol–water partition coefficient (Wildman–Crippen LogP) is 3.11. The fourth-order valence-electron chi connectivity index (χ4n) is 3.39. The molecule has 1 fully saturated rings. The molecule has 5 heteroatoms. The van der Waals surface area contributed by atoms with Gasteiger partial charge < -0.3 is 9.74 Å². The molecule has 1 amide bonds. The van der Waals surface area contributed by atoms with Crippen LogP contribution in [0.15, 0.2) is 29.4 Å². The van der Waals surface area contributed by atoms with Crippen LogP contribution in [0.2, 0.25) is 0 Å². The summed E-state index contributed by atoms with van der Waals surface area (Å²) < 4.78 is 13.8. The first-order valence-electron chi connectivity index (χ1n) is 7.87. The molecule has 4 nitrogen and oxygen atoms in total. The van der Waals surface area contributed by atoms with Crippen LogP contribution in [0.25, 0.3) is 0 Å². The van der Waals surface area contributed by atoms with Crippen LogP contribution in [-0.4, -0.2) is 34.7 Å². The van der Waals surface area contributed by atoms with Gasteiger partial charge in [-0.25, -0.2) is 4.39 Å². The van der Waals surface area contributed by atoms with Crippen molar-refractivity contribution in [1.29, 1.82) is 0 Å². The molecule has 3 atom stereocenters. The Morgan fingerprint density at radius 3 is 2.64 bits per heavy atom. The summed E-state index contributed by atoms with van der Waals surface area (Å²) in [6, 6.07) is 6.88. The average molecular weight is 304 g/mol. The second kappa shape index (κ2) is 6.07. The highest BCUT2D eigenvalue weighted by Crippen LogP contribution is 2.27. The van der Waals surface area contributed by atoms with Crippen LogP contribution in [0.4, 0.5) is 4.39 Å². The number of oxime groups is 1. The maximum absolute atomic E-state index is 13.8. The number of hydrogen-bond acceptors (Lipinski definition) is 3. The van der Waals surface area contributed by atoms with Gasteiger partial charge in [0.1, 0.15) is 5.82 Å². The van der Waals surface area contributed by atoms with Crippen LogP contribution in [0, 0.1) is 5.82 Å². The molecule has 0 radical (unpaired) electrons. The first-order chi connectivity index (χ1) is 10.6. The van der Waals surface area contributed by atoms with Crippen LogP contribution in [-0.2, 0) is 9.63 Å². The number of carbonyl (C=O) groups is 1. The summed E-state index contributed by atoms with van der Waals surface area (Å²) in [4.78, 5) is 19.9. The molecule has 1 saturated heterocycles. The van der Waals surface area contributed by atoms with Crippen molar-refractivity contribution in [3.8, 4) is 0 Å². The second-order valence-corrected chi connectivity index (χ2v) is 6.19. The molecule has 0 unspecified atom stereocenters. The van der Waals surface area contributed by atoms with Gasteiger partial charge in [-0.3, -0.25) is 4.79 Å². The standard InChI is InChI=1S/C17H21FN2O2/c1-11-6-5-7-12(2)20(11)17(21)16-10-15(19-22-16)13-8-3-4-9-14(13)18/h3-4,8-9,11-12,16H,5-7,10H2,1-2H3/t11-,12-,16+/m1/s1. The highest BCUT2D eigenvalue weighted by molar-refractivity contribution is 6.04. The Kier molecular flexibility index (Phi) is 4.14. The molecule has 0 spiro atoms. The molecule has 0 aliphatic carbocycles. The smallest absolute Gasteiger partial charge is 0.267 e. The predicted molar refractivity (Wildman–Crippen MR) is 82.0 cm³/mol. The molecular formula is C17H21FN2O2. The lowest BCUT2D eigenvalue weighted by atomic mass is 9.95. The van der Waals surface area contributed by atoms with E-state index in [0.717, 1.165) is 19.3 Å². The van der Waals surface area contributed by atoms with Crippen molar-refractivity contribution >= 4 is 11.6 Å². The van der Waals surface area contributed by atoms with Crippen molar-refractivity contribution < 1.29 is 14.0 Å². The Balaban J connectivity index is 1.71. The van der Waals surface area contributed by atoms with Crippen molar-refractivity contribution in [2.75, 3.05) is 0 Å². The molecule has 22 heavy (non-hydrogen) atoms. The number of benzene rings is 1. The highest BCUT2D eigenvalue weighted by atomic mass is 19.1. The van der Waals surface area contributed by atoms with Crippen molar-refractivity contribution in [2.24, 2.45) is 5.16 Å². The Labute approximate surface area is 129 Å². The third-order valence-corrected chi connectivity index (χ3v) is 4.58. The van der Waals surface area contributed by atoms with Gasteiger partial charge >= 0.3 is 0 Å². The van der Waals surface area contributed by atoms with E-state index in [1.54, 1.807) is 18.2 Å². The van der Waals surface area contributed by atoms with Gasteiger partial charge in [-0.05, 0) is 39.2 Å². The molecule has 0 N–H and O–H groups in total. The number of amides is 1. The average Bonchev–Trinajstić information content (AvgIpc) is 2.97. The van der Waals surface area contributed by atoms with Crippen LogP contribution in [0.1, 0.15) is 45.1 Å². The van der Waals surface area contributed by atoms with Gasteiger partial charge in [-0.2, -0.15) is 0 Å². The lowest BCUT2D eigenvalue weighted by Gasteiger charge is -2.39. The summed E-state index contributed by atoms with van der Waals surface area (Å²) in [5, 5.41) is 3.94. The Morgan fingerprint density at radius 2 is 1.95 bits per heavy atom. The van der Waals surface area contributed by atoms with Crippen LogP contribution < -0.4 is 0 Å². The summed E-state index contributed by atoms with van der Waals surface area (Å²) >= 11 is 0. The zero-order valence-electron chi connectivity index (χ0n) is 13.0. The molecule has 1 aromatic rings. The summed E-state index contributed by atoms with van der Waals surface area (Å²) in [5.41, 5.74) is 0.923. The number of nitrogens with zero attached hydrogens (tertiary/aromatic N) is 2. The quantitative estimate of drug-likeness (QED) is 0.842. The lowest BCUT2D eigenvalue weighted by Crippen LogP contribution is -2.51. The van der Waals surface area contributed by atoms with E-state index < -0.39 is 6.10 Å². The SMILES string of the molecule is C[C@@H]1CCC[C@@H](C)N1C(=O)[C@@H]1CC(c2ccccc2F)=NO1. The molecule has 1 aromatic carbocycles. The number of halogens is 1. The maximum Gasteiger partial charge on any atom is 0.267 e. The molecule has 0 saturated carbocycles. The molecule has 2 heterocycles. The summed E-state index contributed by atoms with van der Waals surface area (Å²) in [6.07, 6.45) is 2.88. The molecule has 0 aromatic heterocycles. The van der Waals surface area contributed by atoms with Gasteiger partial charge in [0.05, 0.1) is 5.71 Å². The molecule has 2 aliphatic rings. The third kappa shape index (κ3) is 2.72. The van der Waals surface area contributed by atoms with Gasteiger partial charge in [0.2, 0.25) is 6.10 Å². The highest BCUT2D eigenvalue weighted by Gasteiger charge is 2.38. The Hall–Kier alpha value is -1.91. The Morgan fingerprint density at radius 1 is 1.27 bits per heavy atom. The maximum atomic E-state index is 13.8. The zero-order valence-corrected chi connectivity index (χ0v) is 13.0. The molecule has 118 valence electrons. The van der Waals surface area contributed by atoms with Gasteiger partial charge in [0.25, 0.3) is 5.91 Å². The van der Waals surface area contributed by atoms with E-state index in [-0.39, 0.29) is 23.8 Å². The minimum absolute atomic E-state index is 0.0326. The number of likely N-dealkylation sites (tertiary alicyclic amines) is 1. The fourth-order valence-corrected chi connectivity index (χ4v) is 3.39. The van der Waals surface area contributed by atoms with Crippen LogP contribution in [0.3, 0.4) is 0 Å². The van der Waals surface area contributed by atoms with E-state index in [4.69, 9.17) is 4.84 Å². The van der Waals surface area contributed by atoms with Gasteiger partial charge in [-0.15, -0.1) is 0 Å². The van der Waals surface area contributed by atoms with Gasteiger partial charge in [0.15, 0.2) is 0 Å². The van der Waals surface area contributed by atoms with Crippen molar-refractivity contribution in [2.45, 2.75) is 57.7 Å². The van der Waals surface area contributed by atoms with Gasteiger partial charge in [0, 0.05) is 24.1 Å². The summed E-state index contributed by atoms with van der Waals surface area (Å²) in [7, 11) is 0. The summed E-state index contributed by atoms with van der Waals surface area (Å²) in [5.74, 6) is -0.368. The molecular weight excluding hydrogens is 283 g/mol. The third-order valence-electron chi connectivity index (χ3n) is 4.58.